The summed E-state index contributed by atoms with van der Waals surface area (Å²) in [5, 5.41) is 11.6. The van der Waals surface area contributed by atoms with Gasteiger partial charge in [0.1, 0.15) is 12.2 Å². The summed E-state index contributed by atoms with van der Waals surface area (Å²) in [6.07, 6.45) is 3.57. The summed E-state index contributed by atoms with van der Waals surface area (Å²) in [5.41, 5.74) is 0. The summed E-state index contributed by atoms with van der Waals surface area (Å²) in [4.78, 5) is 8.17. The van der Waals surface area contributed by atoms with E-state index in [9.17, 15) is 0 Å². The van der Waals surface area contributed by atoms with Crippen molar-refractivity contribution in [3.8, 4) is 0 Å². The van der Waals surface area contributed by atoms with Crippen molar-refractivity contribution < 1.29 is 4.74 Å². The molecule has 0 radical (unpaired) electrons. The van der Waals surface area contributed by atoms with Crippen molar-refractivity contribution in [2.45, 2.75) is 32.9 Å². The average molecular weight is 571 g/mol. The summed E-state index contributed by atoms with van der Waals surface area (Å²) >= 11 is 5.27. The Kier molecular flexibility index (Phi) is 12.1. The maximum absolute atomic E-state index is 5.11. The fourth-order valence-electron chi connectivity index (χ4n) is 2.48. The number of nitrogens with zero attached hydrogens (tertiary/aromatic N) is 5. The maximum atomic E-state index is 5.11. The minimum atomic E-state index is 0. The third-order valence-electron chi connectivity index (χ3n) is 3.80. The first-order valence-corrected chi connectivity index (χ1v) is 10.3. The minimum Gasteiger partial charge on any atom is -0.385 e. The van der Waals surface area contributed by atoms with Gasteiger partial charge in [0.05, 0.1) is 10.3 Å². The highest BCUT2D eigenvalue weighted by molar-refractivity contribution is 14.0. The van der Waals surface area contributed by atoms with Gasteiger partial charge in [-0.1, -0.05) is 6.92 Å². The summed E-state index contributed by atoms with van der Waals surface area (Å²) in [6, 6.07) is 4.22. The first-order chi connectivity index (χ1) is 12.6. The van der Waals surface area contributed by atoms with Crippen LogP contribution in [0.4, 0.5) is 0 Å². The fourth-order valence-corrected chi connectivity index (χ4v) is 4.02. The third kappa shape index (κ3) is 8.44. The molecule has 0 atom stereocenters. The van der Waals surface area contributed by atoms with Crippen LogP contribution in [0, 0.1) is 0 Å². The zero-order valence-corrected chi connectivity index (χ0v) is 20.8. The monoisotopic (exact) mass is 570 g/mol. The van der Waals surface area contributed by atoms with Gasteiger partial charge < -0.3 is 19.5 Å². The van der Waals surface area contributed by atoms with Crippen molar-refractivity contribution in [3.05, 3.63) is 32.9 Å². The van der Waals surface area contributed by atoms with Crippen molar-refractivity contribution in [1.29, 1.82) is 0 Å². The summed E-state index contributed by atoms with van der Waals surface area (Å²) in [7, 11) is 3.78. The second-order valence-corrected chi connectivity index (χ2v) is 8.38. The van der Waals surface area contributed by atoms with E-state index < -0.39 is 0 Å². The molecule has 0 amide bonds. The number of halogens is 2. The average Bonchev–Trinajstić information content (AvgIpc) is 3.25. The van der Waals surface area contributed by atoms with Crippen molar-refractivity contribution in [2.75, 3.05) is 33.9 Å². The predicted molar refractivity (Wildman–Crippen MR) is 125 cm³/mol. The zero-order chi connectivity index (χ0) is 18.8. The second kappa shape index (κ2) is 13.5. The molecule has 2 aromatic heterocycles. The molecule has 0 aliphatic heterocycles. The Labute approximate surface area is 190 Å². The Balaban J connectivity index is 0.00000364. The highest BCUT2D eigenvalue weighted by Crippen LogP contribution is 2.22. The van der Waals surface area contributed by atoms with E-state index in [0.29, 0.717) is 0 Å². The normalized spacial score (nSPS) is 11.3. The summed E-state index contributed by atoms with van der Waals surface area (Å²) < 4.78 is 8.33. The van der Waals surface area contributed by atoms with Crippen molar-refractivity contribution in [2.24, 2.45) is 4.99 Å². The Morgan fingerprint density at radius 3 is 2.93 bits per heavy atom. The SMILES string of the molecule is CCc1nncn1CCNC(=NCCCOC)N(C)Cc1ccc(Br)s1.I. The Bertz CT molecular complexity index is 693. The van der Waals surface area contributed by atoms with E-state index in [4.69, 9.17) is 9.73 Å². The molecule has 10 heteroatoms. The number of rotatable bonds is 10. The van der Waals surface area contributed by atoms with Gasteiger partial charge in [0.15, 0.2) is 5.96 Å². The number of hydrogen-bond donors (Lipinski definition) is 1. The maximum Gasteiger partial charge on any atom is 0.194 e. The predicted octanol–water partition coefficient (Wildman–Crippen LogP) is 3.40. The van der Waals surface area contributed by atoms with Gasteiger partial charge in [-0.05, 0) is 34.5 Å². The molecule has 0 spiro atoms. The van der Waals surface area contributed by atoms with E-state index in [1.165, 1.54) is 4.88 Å². The lowest BCUT2D eigenvalue weighted by Gasteiger charge is -2.22. The molecule has 0 aliphatic rings. The van der Waals surface area contributed by atoms with E-state index in [1.54, 1.807) is 24.8 Å². The standard InChI is InChI=1S/C17H27BrN6OS.HI/c1-4-16-22-21-13-24(16)10-9-20-17(19-8-5-11-25-3)23(2)12-14-6-7-15(18)26-14;/h6-7,13H,4-5,8-12H2,1-3H3,(H,19,20);1H. The van der Waals surface area contributed by atoms with Crippen LogP contribution in [0.5, 0.6) is 0 Å². The van der Waals surface area contributed by atoms with Crippen LogP contribution < -0.4 is 5.32 Å². The molecule has 7 nitrogen and oxygen atoms in total. The Morgan fingerprint density at radius 1 is 1.44 bits per heavy atom. The van der Waals surface area contributed by atoms with Crippen LogP contribution in [-0.2, 0) is 24.2 Å². The largest absolute Gasteiger partial charge is 0.385 e. The number of aryl methyl sites for hydroxylation is 1. The van der Waals surface area contributed by atoms with Crippen molar-refractivity contribution >= 4 is 57.2 Å². The highest BCUT2D eigenvalue weighted by atomic mass is 127. The number of thiophene rings is 1. The van der Waals surface area contributed by atoms with Gasteiger partial charge in [0, 0.05) is 51.7 Å². The van der Waals surface area contributed by atoms with Gasteiger partial charge in [0.2, 0.25) is 0 Å². The molecule has 2 aromatic rings. The molecule has 2 rings (SSSR count). The van der Waals surface area contributed by atoms with Gasteiger partial charge in [-0.3, -0.25) is 4.99 Å². The number of guanidine groups is 1. The van der Waals surface area contributed by atoms with E-state index in [0.717, 1.165) is 61.2 Å². The van der Waals surface area contributed by atoms with E-state index >= 15 is 0 Å². The number of aromatic nitrogens is 3. The van der Waals surface area contributed by atoms with Crippen LogP contribution in [-0.4, -0.2) is 59.5 Å². The van der Waals surface area contributed by atoms with E-state index in [-0.39, 0.29) is 24.0 Å². The lowest BCUT2D eigenvalue weighted by atomic mass is 10.4. The quantitative estimate of drug-likeness (QED) is 0.205. The summed E-state index contributed by atoms with van der Waals surface area (Å²) in [6.45, 7) is 5.95. The molecule has 27 heavy (non-hydrogen) atoms. The van der Waals surface area contributed by atoms with Crippen molar-refractivity contribution in [1.82, 2.24) is 25.0 Å². The Morgan fingerprint density at radius 2 is 2.26 bits per heavy atom. The molecule has 0 unspecified atom stereocenters. The van der Waals surface area contributed by atoms with Gasteiger partial charge in [-0.15, -0.1) is 45.5 Å². The molecule has 2 heterocycles. The topological polar surface area (TPSA) is 67.6 Å². The molecule has 0 aromatic carbocycles. The van der Waals surface area contributed by atoms with Crippen LogP contribution in [0.2, 0.25) is 0 Å². The van der Waals surface area contributed by atoms with Crippen LogP contribution >= 0.6 is 51.2 Å². The number of hydrogen-bond acceptors (Lipinski definition) is 5. The lowest BCUT2D eigenvalue weighted by molar-refractivity contribution is 0.197. The molecule has 152 valence electrons. The molecule has 0 saturated heterocycles. The highest BCUT2D eigenvalue weighted by Gasteiger charge is 2.09. The number of methoxy groups -OCH3 is 1. The van der Waals surface area contributed by atoms with Crippen LogP contribution in [0.1, 0.15) is 24.0 Å². The molecule has 0 bridgehead atoms. The summed E-state index contributed by atoms with van der Waals surface area (Å²) in [5.74, 6) is 1.90. The van der Waals surface area contributed by atoms with E-state index in [1.807, 2.05) is 0 Å². The van der Waals surface area contributed by atoms with Gasteiger partial charge >= 0.3 is 0 Å². The number of nitrogens with one attached hydrogen (secondary N) is 1. The van der Waals surface area contributed by atoms with Gasteiger partial charge in [-0.25, -0.2) is 0 Å². The van der Waals surface area contributed by atoms with Crippen LogP contribution in [0.3, 0.4) is 0 Å². The molecular weight excluding hydrogens is 543 g/mol. The van der Waals surface area contributed by atoms with Gasteiger partial charge in [-0.2, -0.15) is 0 Å². The lowest BCUT2D eigenvalue weighted by Crippen LogP contribution is -2.40. The van der Waals surface area contributed by atoms with Crippen LogP contribution in [0.25, 0.3) is 0 Å². The zero-order valence-electron chi connectivity index (χ0n) is 16.0. The van der Waals surface area contributed by atoms with Crippen molar-refractivity contribution in [3.63, 3.8) is 0 Å². The number of aliphatic imine (C=N–C) groups is 1. The first kappa shape index (κ1) is 24.3. The molecule has 1 N–H and O–H groups in total. The van der Waals surface area contributed by atoms with Crippen LogP contribution in [0.15, 0.2) is 27.2 Å². The molecular formula is C17H28BrIN6OS. The fraction of sp³-hybridized carbons (Fsp3) is 0.588. The Hall–Kier alpha value is -0.720. The minimum absolute atomic E-state index is 0. The smallest absolute Gasteiger partial charge is 0.194 e. The third-order valence-corrected chi connectivity index (χ3v) is 5.41. The molecule has 0 aliphatic carbocycles. The number of ether oxygens (including phenoxy) is 1. The second-order valence-electron chi connectivity index (χ2n) is 5.83. The van der Waals surface area contributed by atoms with E-state index in [2.05, 4.69) is 67.0 Å². The first-order valence-electron chi connectivity index (χ1n) is 8.73. The van der Waals surface area contributed by atoms with Gasteiger partial charge in [0.25, 0.3) is 0 Å². The molecule has 0 saturated carbocycles. The molecule has 0 fully saturated rings.